The molecule has 4 nitrogen and oxygen atoms in total. The maximum atomic E-state index is 12.7. The minimum Gasteiger partial charge on any atom is -0.440 e. The summed E-state index contributed by atoms with van der Waals surface area (Å²) in [4.78, 5) is 4.31. The van der Waals surface area contributed by atoms with Crippen molar-refractivity contribution in [3.05, 3.63) is 41.8 Å². The van der Waals surface area contributed by atoms with Gasteiger partial charge < -0.3 is 10.2 Å². The van der Waals surface area contributed by atoms with Gasteiger partial charge in [0.1, 0.15) is 12.1 Å². The summed E-state index contributed by atoms with van der Waals surface area (Å²) in [7, 11) is 0. The third-order valence-electron chi connectivity index (χ3n) is 2.20. The van der Waals surface area contributed by atoms with Gasteiger partial charge in [-0.25, -0.2) is 4.98 Å². The van der Waals surface area contributed by atoms with E-state index in [4.69, 9.17) is 15.6 Å². The molecule has 2 rings (SSSR count). The first-order valence-corrected chi connectivity index (χ1v) is 5.82. The predicted octanol–water partition coefficient (Wildman–Crippen LogP) is 3.13. The lowest BCUT2D eigenvalue weighted by atomic mass is 10.1. The smallest absolute Gasteiger partial charge is 0.417 e. The zero-order chi connectivity index (χ0) is 14.0. The summed E-state index contributed by atoms with van der Waals surface area (Å²) in [6.07, 6.45) is -1.76. The Kier molecular flexibility index (Phi) is 3.52. The summed E-state index contributed by atoms with van der Waals surface area (Å²) >= 11 is 1.05. The van der Waals surface area contributed by atoms with Crippen LogP contribution in [0, 0.1) is 5.41 Å². The van der Waals surface area contributed by atoms with Crippen LogP contribution in [0.4, 0.5) is 13.2 Å². The van der Waals surface area contributed by atoms with Crippen molar-refractivity contribution in [1.82, 2.24) is 4.98 Å². The van der Waals surface area contributed by atoms with E-state index in [-0.39, 0.29) is 5.56 Å². The summed E-state index contributed by atoms with van der Waals surface area (Å²) in [6.45, 7) is 0. The monoisotopic (exact) mass is 287 g/mol. The van der Waals surface area contributed by atoms with Crippen LogP contribution < -0.4 is 5.73 Å². The number of hydrogen-bond acceptors (Lipinski definition) is 4. The largest absolute Gasteiger partial charge is 0.440 e. The highest BCUT2D eigenvalue weighted by molar-refractivity contribution is 7.99. The molecule has 2 aromatic rings. The van der Waals surface area contributed by atoms with Gasteiger partial charge in [-0.3, -0.25) is 5.41 Å². The lowest BCUT2D eigenvalue weighted by Gasteiger charge is -2.12. The average molecular weight is 287 g/mol. The van der Waals surface area contributed by atoms with Gasteiger partial charge in [-0.05, 0) is 30.0 Å². The molecule has 0 saturated carbocycles. The fourth-order valence-electron chi connectivity index (χ4n) is 1.42. The Balaban J connectivity index is 2.39. The van der Waals surface area contributed by atoms with Crippen LogP contribution in [0.25, 0.3) is 0 Å². The number of nitrogens with zero attached hydrogens (tertiary/aromatic N) is 1. The third-order valence-corrected chi connectivity index (χ3v) is 3.07. The van der Waals surface area contributed by atoms with E-state index in [1.54, 1.807) is 0 Å². The van der Waals surface area contributed by atoms with Gasteiger partial charge in [-0.15, -0.1) is 0 Å². The number of benzene rings is 1. The second kappa shape index (κ2) is 4.96. The minimum absolute atomic E-state index is 0.300. The number of hydrogen-bond donors (Lipinski definition) is 2. The molecule has 0 bridgehead atoms. The fraction of sp³-hybridized carbons (Fsp3) is 0.0909. The van der Waals surface area contributed by atoms with Gasteiger partial charge in [0.2, 0.25) is 0 Å². The van der Waals surface area contributed by atoms with Crippen molar-refractivity contribution in [2.24, 2.45) is 5.73 Å². The molecule has 0 aliphatic carbocycles. The van der Waals surface area contributed by atoms with Crippen molar-refractivity contribution in [2.75, 3.05) is 0 Å². The van der Waals surface area contributed by atoms with Gasteiger partial charge in [0.05, 0.1) is 11.8 Å². The molecule has 1 aromatic carbocycles. The van der Waals surface area contributed by atoms with Crippen LogP contribution in [0.3, 0.4) is 0 Å². The Morgan fingerprint density at radius 2 is 2.11 bits per heavy atom. The third kappa shape index (κ3) is 3.08. The molecule has 1 heterocycles. The van der Waals surface area contributed by atoms with E-state index in [2.05, 4.69) is 4.98 Å². The van der Waals surface area contributed by atoms with E-state index in [0.29, 0.717) is 10.1 Å². The Morgan fingerprint density at radius 3 is 2.63 bits per heavy atom. The van der Waals surface area contributed by atoms with E-state index in [0.717, 1.165) is 17.8 Å². The summed E-state index contributed by atoms with van der Waals surface area (Å²) in [5.41, 5.74) is 3.90. The summed E-state index contributed by atoms with van der Waals surface area (Å²) in [5.74, 6) is -0.637. The molecule has 19 heavy (non-hydrogen) atoms. The quantitative estimate of drug-likeness (QED) is 0.671. The van der Waals surface area contributed by atoms with Crippen LogP contribution >= 0.6 is 11.8 Å². The molecule has 0 atom stereocenters. The highest BCUT2D eigenvalue weighted by atomic mass is 32.2. The summed E-state index contributed by atoms with van der Waals surface area (Å²) < 4.78 is 43.2. The van der Waals surface area contributed by atoms with Crippen molar-refractivity contribution in [2.45, 2.75) is 16.3 Å². The number of amidine groups is 1. The maximum Gasteiger partial charge on any atom is 0.417 e. The lowest BCUT2D eigenvalue weighted by molar-refractivity contribution is -0.137. The second-order valence-corrected chi connectivity index (χ2v) is 4.54. The van der Waals surface area contributed by atoms with Gasteiger partial charge in [-0.1, -0.05) is 0 Å². The van der Waals surface area contributed by atoms with Gasteiger partial charge in [-0.2, -0.15) is 13.2 Å². The minimum atomic E-state index is -4.55. The van der Waals surface area contributed by atoms with Crippen molar-refractivity contribution in [3.8, 4) is 0 Å². The zero-order valence-corrected chi connectivity index (χ0v) is 10.2. The molecule has 1 aromatic heterocycles. The van der Waals surface area contributed by atoms with Crippen molar-refractivity contribution in [3.63, 3.8) is 0 Å². The van der Waals surface area contributed by atoms with Crippen LogP contribution in [-0.2, 0) is 6.18 Å². The average Bonchev–Trinajstić information content (AvgIpc) is 2.80. The first kappa shape index (κ1) is 13.5. The highest BCUT2D eigenvalue weighted by Crippen LogP contribution is 2.35. The SMILES string of the molecule is N=C(N)c1cc(Sc2ncco2)ccc1C(F)(F)F. The highest BCUT2D eigenvalue weighted by Gasteiger charge is 2.34. The molecule has 0 amide bonds. The number of oxazole rings is 1. The molecular formula is C11H8F3N3OS. The summed E-state index contributed by atoms with van der Waals surface area (Å²) in [6, 6.07) is 3.37. The van der Waals surface area contributed by atoms with E-state index < -0.39 is 17.6 Å². The zero-order valence-electron chi connectivity index (χ0n) is 9.36. The Hall–Kier alpha value is -1.96. The van der Waals surface area contributed by atoms with Gasteiger partial charge >= 0.3 is 6.18 Å². The molecule has 0 saturated heterocycles. The number of alkyl halides is 3. The molecular weight excluding hydrogens is 279 g/mol. The number of rotatable bonds is 3. The van der Waals surface area contributed by atoms with Crippen LogP contribution in [0.2, 0.25) is 0 Å². The Labute approximate surface area is 110 Å². The van der Waals surface area contributed by atoms with Gasteiger partial charge in [0.25, 0.3) is 5.22 Å². The molecule has 100 valence electrons. The molecule has 0 unspecified atom stereocenters. The molecule has 0 fully saturated rings. The fourth-order valence-corrected chi connectivity index (χ4v) is 2.15. The van der Waals surface area contributed by atoms with E-state index in [9.17, 15) is 13.2 Å². The lowest BCUT2D eigenvalue weighted by Crippen LogP contribution is -2.18. The molecule has 0 spiro atoms. The normalized spacial score (nSPS) is 11.5. The van der Waals surface area contributed by atoms with Crippen molar-refractivity contribution >= 4 is 17.6 Å². The number of aromatic nitrogens is 1. The molecule has 8 heteroatoms. The summed E-state index contributed by atoms with van der Waals surface area (Å²) in [5, 5.41) is 7.53. The van der Waals surface area contributed by atoms with Crippen LogP contribution in [0.5, 0.6) is 0 Å². The first-order chi connectivity index (χ1) is 8.88. The number of nitrogen functional groups attached to an aromatic ring is 1. The van der Waals surface area contributed by atoms with E-state index >= 15 is 0 Å². The van der Waals surface area contributed by atoms with Gasteiger partial charge in [0, 0.05) is 10.5 Å². The second-order valence-electron chi connectivity index (χ2n) is 3.52. The predicted molar refractivity (Wildman–Crippen MR) is 63.1 cm³/mol. The standard InChI is InChI=1S/C11H8F3N3OS/c12-11(13,14)8-2-1-6(5-7(8)9(15)16)19-10-17-3-4-18-10/h1-5H,(H3,15,16). The first-order valence-electron chi connectivity index (χ1n) is 5.01. The number of halogens is 3. The Morgan fingerprint density at radius 1 is 1.37 bits per heavy atom. The Bertz CT molecular complexity index is 596. The van der Waals surface area contributed by atoms with Crippen LogP contribution in [-0.4, -0.2) is 10.8 Å². The van der Waals surface area contributed by atoms with Crippen molar-refractivity contribution in [1.29, 1.82) is 5.41 Å². The molecule has 0 radical (unpaired) electrons. The van der Waals surface area contributed by atoms with E-state index in [1.807, 2.05) is 0 Å². The molecule has 0 aliphatic heterocycles. The topological polar surface area (TPSA) is 75.9 Å². The van der Waals surface area contributed by atoms with Crippen LogP contribution in [0.1, 0.15) is 11.1 Å². The van der Waals surface area contributed by atoms with Gasteiger partial charge in [0.15, 0.2) is 0 Å². The molecule has 3 N–H and O–H groups in total. The van der Waals surface area contributed by atoms with Crippen molar-refractivity contribution < 1.29 is 17.6 Å². The van der Waals surface area contributed by atoms with Crippen LogP contribution in [0.15, 0.2) is 45.2 Å². The molecule has 0 aliphatic rings. The van der Waals surface area contributed by atoms with E-state index in [1.165, 1.54) is 24.6 Å². The number of nitrogens with one attached hydrogen (secondary N) is 1. The maximum absolute atomic E-state index is 12.7. The number of nitrogens with two attached hydrogens (primary N) is 1.